The molecular formula is C14H15N3OS. The van der Waals surface area contributed by atoms with Gasteiger partial charge in [-0.2, -0.15) is 0 Å². The summed E-state index contributed by atoms with van der Waals surface area (Å²) >= 11 is 1.59. The van der Waals surface area contributed by atoms with E-state index in [2.05, 4.69) is 15.3 Å². The van der Waals surface area contributed by atoms with Crippen molar-refractivity contribution in [1.82, 2.24) is 10.3 Å². The third kappa shape index (κ3) is 2.87. The number of aromatic nitrogens is 1. The number of pyridine rings is 1. The number of hydrogen-bond donors (Lipinski definition) is 1. The van der Waals surface area contributed by atoms with Crippen molar-refractivity contribution in [2.24, 2.45) is 4.99 Å². The van der Waals surface area contributed by atoms with Gasteiger partial charge < -0.3 is 5.32 Å². The molecule has 19 heavy (non-hydrogen) atoms. The van der Waals surface area contributed by atoms with E-state index < -0.39 is 0 Å². The molecule has 0 saturated carbocycles. The molecule has 1 unspecified atom stereocenters. The van der Waals surface area contributed by atoms with Gasteiger partial charge >= 0.3 is 0 Å². The zero-order valence-electron chi connectivity index (χ0n) is 10.5. The Morgan fingerprint density at radius 3 is 3.21 bits per heavy atom. The number of hydrogen-bond acceptors (Lipinski definition) is 4. The van der Waals surface area contributed by atoms with Crippen molar-refractivity contribution in [2.45, 2.75) is 24.5 Å². The van der Waals surface area contributed by atoms with Gasteiger partial charge in [0.1, 0.15) is 0 Å². The molecule has 1 atom stereocenters. The molecule has 0 aliphatic carbocycles. The summed E-state index contributed by atoms with van der Waals surface area (Å²) in [7, 11) is 0. The topological polar surface area (TPSA) is 54.4 Å². The Bertz CT molecular complexity index is 539. The first-order valence-corrected chi connectivity index (χ1v) is 7.30. The van der Waals surface area contributed by atoms with Gasteiger partial charge in [-0.25, -0.2) is 0 Å². The molecule has 0 saturated heterocycles. The summed E-state index contributed by atoms with van der Waals surface area (Å²) in [6, 6.07) is 5.83. The first kappa shape index (κ1) is 12.4. The first-order valence-electron chi connectivity index (χ1n) is 6.42. The fraction of sp³-hybridized carbons (Fsp3) is 0.357. The van der Waals surface area contributed by atoms with Crippen molar-refractivity contribution in [2.75, 3.05) is 6.54 Å². The molecule has 1 N–H and O–H groups in total. The van der Waals surface area contributed by atoms with Crippen molar-refractivity contribution >= 4 is 23.9 Å². The molecule has 0 aromatic carbocycles. The van der Waals surface area contributed by atoms with E-state index in [1.807, 2.05) is 24.4 Å². The Kier molecular flexibility index (Phi) is 3.64. The fourth-order valence-corrected chi connectivity index (χ4v) is 3.43. The molecule has 0 fully saturated rings. The number of amides is 1. The van der Waals surface area contributed by atoms with Crippen molar-refractivity contribution in [1.29, 1.82) is 0 Å². The summed E-state index contributed by atoms with van der Waals surface area (Å²) in [6.07, 6.45) is 6.23. The molecule has 1 amide bonds. The van der Waals surface area contributed by atoms with Crippen LogP contribution >= 0.6 is 11.8 Å². The van der Waals surface area contributed by atoms with Crippen LogP contribution < -0.4 is 5.32 Å². The predicted molar refractivity (Wildman–Crippen MR) is 77.1 cm³/mol. The summed E-state index contributed by atoms with van der Waals surface area (Å²) in [5.74, 6) is 0.116. The molecule has 0 bridgehead atoms. The van der Waals surface area contributed by atoms with Gasteiger partial charge in [0.2, 0.25) is 5.91 Å². The van der Waals surface area contributed by atoms with Gasteiger partial charge in [0.05, 0.1) is 10.3 Å². The molecule has 5 heteroatoms. The second kappa shape index (κ2) is 5.57. The lowest BCUT2D eigenvalue weighted by molar-refractivity contribution is -0.120. The van der Waals surface area contributed by atoms with Crippen molar-refractivity contribution in [3.63, 3.8) is 0 Å². The third-order valence-corrected chi connectivity index (χ3v) is 4.52. The normalized spacial score (nSPS) is 20.7. The van der Waals surface area contributed by atoms with Crippen LogP contribution in [0.3, 0.4) is 0 Å². The lowest BCUT2D eigenvalue weighted by Gasteiger charge is -2.10. The van der Waals surface area contributed by atoms with Gasteiger partial charge in [-0.3, -0.25) is 14.8 Å². The number of carbonyl (C=O) groups is 1. The summed E-state index contributed by atoms with van der Waals surface area (Å²) in [5.41, 5.74) is 2.32. The number of carbonyl (C=O) groups excluding carboxylic acids is 1. The highest BCUT2D eigenvalue weighted by Crippen LogP contribution is 2.42. The summed E-state index contributed by atoms with van der Waals surface area (Å²) in [4.78, 5) is 20.6. The highest BCUT2D eigenvalue weighted by atomic mass is 32.2. The van der Waals surface area contributed by atoms with Gasteiger partial charge in [0.25, 0.3) is 0 Å². The minimum atomic E-state index is 0.00572. The standard InChI is InChI=1S/C14H15N3OS/c18-13(12-9-10-4-7-17-14(10)19-12)16-8-5-11-3-1-2-6-15-11/h1-3,6-7,12H,4-5,8-9H2,(H,16,18). The van der Waals surface area contributed by atoms with E-state index in [1.54, 1.807) is 18.0 Å². The van der Waals surface area contributed by atoms with E-state index in [0.29, 0.717) is 6.54 Å². The minimum Gasteiger partial charge on any atom is -0.355 e. The van der Waals surface area contributed by atoms with E-state index in [9.17, 15) is 4.79 Å². The van der Waals surface area contributed by atoms with Crippen molar-refractivity contribution in [3.05, 3.63) is 40.7 Å². The van der Waals surface area contributed by atoms with E-state index in [4.69, 9.17) is 0 Å². The highest BCUT2D eigenvalue weighted by molar-refractivity contribution is 8.04. The Balaban J connectivity index is 1.44. The second-order valence-electron chi connectivity index (χ2n) is 4.60. The Morgan fingerprint density at radius 1 is 1.47 bits per heavy atom. The number of nitrogens with zero attached hydrogens (tertiary/aromatic N) is 2. The lowest BCUT2D eigenvalue weighted by Crippen LogP contribution is -2.33. The van der Waals surface area contributed by atoms with Crippen LogP contribution in [-0.2, 0) is 11.2 Å². The molecule has 3 rings (SSSR count). The Hall–Kier alpha value is -1.62. The number of nitrogens with one attached hydrogen (secondary N) is 1. The smallest absolute Gasteiger partial charge is 0.233 e. The largest absolute Gasteiger partial charge is 0.355 e. The molecule has 4 nitrogen and oxygen atoms in total. The van der Waals surface area contributed by atoms with E-state index in [-0.39, 0.29) is 11.2 Å². The average Bonchev–Trinajstić information content (AvgIpc) is 3.00. The third-order valence-electron chi connectivity index (χ3n) is 3.23. The van der Waals surface area contributed by atoms with E-state index in [1.165, 1.54) is 5.57 Å². The second-order valence-corrected chi connectivity index (χ2v) is 5.79. The van der Waals surface area contributed by atoms with Gasteiger partial charge in [0.15, 0.2) is 0 Å². The SMILES string of the molecule is O=C(NCCc1ccccn1)C1CC2=C(N=CC2)S1. The number of rotatable bonds is 4. The van der Waals surface area contributed by atoms with Crippen molar-refractivity contribution in [3.8, 4) is 0 Å². The van der Waals surface area contributed by atoms with Crippen LogP contribution in [0.4, 0.5) is 0 Å². The van der Waals surface area contributed by atoms with E-state index >= 15 is 0 Å². The minimum absolute atomic E-state index is 0.00572. The number of aliphatic imine (C=N–C) groups is 1. The fourth-order valence-electron chi connectivity index (χ4n) is 2.22. The lowest BCUT2D eigenvalue weighted by atomic mass is 10.1. The molecule has 2 aliphatic heterocycles. The molecule has 0 radical (unpaired) electrons. The summed E-state index contributed by atoms with van der Waals surface area (Å²) < 4.78 is 0. The quantitative estimate of drug-likeness (QED) is 0.912. The Labute approximate surface area is 116 Å². The zero-order chi connectivity index (χ0) is 13.1. The molecule has 98 valence electrons. The molecule has 0 spiro atoms. The van der Waals surface area contributed by atoms with Gasteiger partial charge in [-0.15, -0.1) is 0 Å². The number of allylic oxidation sites excluding steroid dienone is 1. The maximum Gasteiger partial charge on any atom is 0.233 e. The molecule has 1 aromatic rings. The predicted octanol–water partition coefficient (Wildman–Crippen LogP) is 1.93. The highest BCUT2D eigenvalue weighted by Gasteiger charge is 2.31. The first-order chi connectivity index (χ1) is 9.33. The monoisotopic (exact) mass is 273 g/mol. The van der Waals surface area contributed by atoms with Crippen LogP contribution in [0.15, 0.2) is 40.0 Å². The molecule has 3 heterocycles. The average molecular weight is 273 g/mol. The van der Waals surface area contributed by atoms with Crippen LogP contribution in [0.1, 0.15) is 18.5 Å². The van der Waals surface area contributed by atoms with Crippen LogP contribution in [-0.4, -0.2) is 28.9 Å². The van der Waals surface area contributed by atoms with Crippen LogP contribution in [0.5, 0.6) is 0 Å². The van der Waals surface area contributed by atoms with Crippen LogP contribution in [0, 0.1) is 0 Å². The maximum absolute atomic E-state index is 12.0. The van der Waals surface area contributed by atoms with Gasteiger partial charge in [-0.05, 0) is 24.1 Å². The summed E-state index contributed by atoms with van der Waals surface area (Å²) in [6.45, 7) is 0.640. The van der Waals surface area contributed by atoms with Crippen LogP contribution in [0.2, 0.25) is 0 Å². The zero-order valence-corrected chi connectivity index (χ0v) is 11.3. The number of thioether (sulfide) groups is 1. The van der Waals surface area contributed by atoms with E-state index in [0.717, 1.165) is 30.0 Å². The van der Waals surface area contributed by atoms with Gasteiger partial charge in [-0.1, -0.05) is 17.8 Å². The van der Waals surface area contributed by atoms with Gasteiger partial charge in [0, 0.05) is 37.5 Å². The van der Waals surface area contributed by atoms with Crippen molar-refractivity contribution < 1.29 is 4.79 Å². The molecule has 1 aromatic heterocycles. The maximum atomic E-state index is 12.0. The Morgan fingerprint density at radius 2 is 2.42 bits per heavy atom. The molecular weight excluding hydrogens is 258 g/mol. The summed E-state index contributed by atoms with van der Waals surface area (Å²) in [5, 5.41) is 4.05. The molecule has 2 aliphatic rings. The van der Waals surface area contributed by atoms with Crippen LogP contribution in [0.25, 0.3) is 0 Å².